The number of carbonyl (C=O) groups excluding carboxylic acids is 3. The van der Waals surface area contributed by atoms with Crippen LogP contribution >= 0.6 is 0 Å². The molecule has 0 amide bonds. The van der Waals surface area contributed by atoms with Gasteiger partial charge in [0.1, 0.15) is 13.2 Å². The van der Waals surface area contributed by atoms with Gasteiger partial charge in [-0.3, -0.25) is 14.4 Å². The van der Waals surface area contributed by atoms with Gasteiger partial charge in [0.15, 0.2) is 6.10 Å². The lowest BCUT2D eigenvalue weighted by atomic mass is 10.1. The first-order valence-electron chi connectivity index (χ1n) is 24.4. The number of unbranched alkanes of at least 4 members (excludes halogenated alkanes) is 26. The maximum absolute atomic E-state index is 12.7. The smallest absolute Gasteiger partial charge is 0.306 e. The van der Waals surface area contributed by atoms with Crippen molar-refractivity contribution >= 4 is 17.9 Å². The minimum absolute atomic E-state index is 0.0799. The summed E-state index contributed by atoms with van der Waals surface area (Å²) in [6.07, 6.45) is 56.2. The lowest BCUT2D eigenvalue weighted by molar-refractivity contribution is -0.167. The van der Waals surface area contributed by atoms with Crippen molar-refractivity contribution in [3.05, 3.63) is 60.8 Å². The van der Waals surface area contributed by atoms with E-state index in [1.165, 1.54) is 109 Å². The zero-order valence-electron chi connectivity index (χ0n) is 38.0. The van der Waals surface area contributed by atoms with E-state index in [4.69, 9.17) is 14.2 Å². The van der Waals surface area contributed by atoms with Crippen LogP contribution in [0.3, 0.4) is 0 Å². The number of hydrogen-bond acceptors (Lipinski definition) is 6. The van der Waals surface area contributed by atoms with E-state index in [9.17, 15) is 14.4 Å². The van der Waals surface area contributed by atoms with Gasteiger partial charge in [-0.25, -0.2) is 0 Å². The molecule has 0 radical (unpaired) electrons. The van der Waals surface area contributed by atoms with Crippen LogP contribution in [0, 0.1) is 0 Å². The van der Waals surface area contributed by atoms with E-state index in [1.54, 1.807) is 0 Å². The first-order chi connectivity index (χ1) is 28.5. The molecule has 0 spiro atoms. The number of allylic oxidation sites excluding steroid dienone is 10. The van der Waals surface area contributed by atoms with Gasteiger partial charge >= 0.3 is 17.9 Å². The molecule has 1 atom stereocenters. The Morgan fingerprint density at radius 1 is 0.345 bits per heavy atom. The molecule has 0 aromatic rings. The summed E-state index contributed by atoms with van der Waals surface area (Å²) in [5, 5.41) is 0. The van der Waals surface area contributed by atoms with E-state index in [1.807, 2.05) is 24.3 Å². The maximum Gasteiger partial charge on any atom is 0.306 e. The van der Waals surface area contributed by atoms with Crippen molar-refractivity contribution in [3.8, 4) is 0 Å². The predicted octanol–water partition coefficient (Wildman–Crippen LogP) is 15.7. The van der Waals surface area contributed by atoms with Gasteiger partial charge in [0, 0.05) is 19.3 Å². The Balaban J connectivity index is 4.39. The molecule has 0 heterocycles. The van der Waals surface area contributed by atoms with Crippen LogP contribution in [0.1, 0.15) is 233 Å². The Bertz CT molecular complexity index is 1070. The molecule has 334 valence electrons. The molecule has 0 aromatic heterocycles. The van der Waals surface area contributed by atoms with Crippen molar-refractivity contribution in [1.82, 2.24) is 0 Å². The molecule has 0 fully saturated rings. The Morgan fingerprint density at radius 3 is 1.03 bits per heavy atom. The van der Waals surface area contributed by atoms with E-state index in [-0.39, 0.29) is 31.1 Å². The summed E-state index contributed by atoms with van der Waals surface area (Å²) in [4.78, 5) is 37.8. The Morgan fingerprint density at radius 2 is 0.655 bits per heavy atom. The number of esters is 3. The van der Waals surface area contributed by atoms with Gasteiger partial charge in [-0.2, -0.15) is 0 Å². The fourth-order valence-electron chi connectivity index (χ4n) is 6.71. The van der Waals surface area contributed by atoms with Crippen LogP contribution in [0.4, 0.5) is 0 Å². The molecule has 0 rings (SSSR count). The number of carbonyl (C=O) groups is 3. The largest absolute Gasteiger partial charge is 0.462 e. The lowest BCUT2D eigenvalue weighted by Crippen LogP contribution is -2.30. The molecule has 0 saturated carbocycles. The van der Waals surface area contributed by atoms with Crippen molar-refractivity contribution in [2.24, 2.45) is 0 Å². The highest BCUT2D eigenvalue weighted by Crippen LogP contribution is 2.15. The average molecular weight is 811 g/mol. The molecule has 0 bridgehead atoms. The fourth-order valence-corrected chi connectivity index (χ4v) is 6.71. The third-order valence-electron chi connectivity index (χ3n) is 10.4. The molecule has 0 saturated heterocycles. The van der Waals surface area contributed by atoms with Gasteiger partial charge in [-0.15, -0.1) is 0 Å². The van der Waals surface area contributed by atoms with Crippen LogP contribution in [0.5, 0.6) is 0 Å². The van der Waals surface area contributed by atoms with Crippen molar-refractivity contribution < 1.29 is 28.6 Å². The van der Waals surface area contributed by atoms with Crippen LogP contribution in [0.2, 0.25) is 0 Å². The summed E-state index contributed by atoms with van der Waals surface area (Å²) in [7, 11) is 0. The average Bonchev–Trinajstić information content (AvgIpc) is 3.22. The van der Waals surface area contributed by atoms with Gasteiger partial charge in [-0.1, -0.05) is 236 Å². The van der Waals surface area contributed by atoms with Crippen LogP contribution in [0.15, 0.2) is 60.8 Å². The first kappa shape index (κ1) is 55.1. The Hall–Kier alpha value is -2.89. The van der Waals surface area contributed by atoms with Crippen molar-refractivity contribution in [2.45, 2.75) is 239 Å². The highest BCUT2D eigenvalue weighted by Gasteiger charge is 2.19. The van der Waals surface area contributed by atoms with Gasteiger partial charge in [0.25, 0.3) is 0 Å². The first-order valence-corrected chi connectivity index (χ1v) is 24.4. The van der Waals surface area contributed by atoms with Crippen LogP contribution < -0.4 is 0 Å². The standard InChI is InChI=1S/C52H90O6/c1-4-7-10-13-16-19-22-23-24-25-26-27-28-31-33-36-39-42-45-51(54)57-48-49(58-52(55)46-43-40-37-34-30-21-18-15-12-9-6-3)47-56-50(53)44-41-38-35-32-29-20-17-14-11-8-5-2/h10,13,16,19,22-27,49H,4-9,11-12,14-15,17-18,20-21,28-48H2,1-3H3/b13-10-,19-16-,23-22-,25-24-,27-26-. The third kappa shape index (κ3) is 44.2. The third-order valence-corrected chi connectivity index (χ3v) is 10.4. The van der Waals surface area contributed by atoms with Crippen molar-refractivity contribution in [1.29, 1.82) is 0 Å². The predicted molar refractivity (Wildman–Crippen MR) is 247 cm³/mol. The van der Waals surface area contributed by atoms with Gasteiger partial charge in [0.2, 0.25) is 0 Å². The van der Waals surface area contributed by atoms with Gasteiger partial charge < -0.3 is 14.2 Å². The second kappa shape index (κ2) is 46.8. The molecule has 6 nitrogen and oxygen atoms in total. The van der Waals surface area contributed by atoms with Crippen molar-refractivity contribution in [2.75, 3.05) is 13.2 Å². The molecule has 6 heteroatoms. The van der Waals surface area contributed by atoms with Gasteiger partial charge in [-0.05, 0) is 38.5 Å². The van der Waals surface area contributed by atoms with Gasteiger partial charge in [0.05, 0.1) is 0 Å². The second-order valence-corrected chi connectivity index (χ2v) is 16.2. The SMILES string of the molecule is CCC\C=C/C=C\C=C/C=C\C=C/CCCCCCCC(=O)OCC(COC(=O)CCCCCCCCCCCCC)OC(=O)CCCCCCCCCCCCC. The monoisotopic (exact) mass is 811 g/mol. The van der Waals surface area contributed by atoms with E-state index >= 15 is 0 Å². The normalized spacial score (nSPS) is 12.5. The summed E-state index contributed by atoms with van der Waals surface area (Å²) >= 11 is 0. The molecule has 58 heavy (non-hydrogen) atoms. The molecule has 0 aliphatic heterocycles. The quantitative estimate of drug-likeness (QED) is 0.0264. The Labute approximate surface area is 358 Å². The number of rotatable bonds is 43. The van der Waals surface area contributed by atoms with Crippen LogP contribution in [0.25, 0.3) is 0 Å². The fraction of sp³-hybridized carbons (Fsp3) is 0.750. The Kier molecular flexibility index (Phi) is 44.5. The molecule has 0 N–H and O–H groups in total. The summed E-state index contributed by atoms with van der Waals surface area (Å²) in [6, 6.07) is 0. The lowest BCUT2D eigenvalue weighted by Gasteiger charge is -2.18. The second-order valence-electron chi connectivity index (χ2n) is 16.2. The minimum Gasteiger partial charge on any atom is -0.462 e. The van der Waals surface area contributed by atoms with E-state index in [2.05, 4.69) is 57.2 Å². The van der Waals surface area contributed by atoms with Crippen molar-refractivity contribution in [3.63, 3.8) is 0 Å². The summed E-state index contributed by atoms with van der Waals surface area (Å²) in [5.74, 6) is -0.905. The van der Waals surface area contributed by atoms with E-state index in [0.717, 1.165) is 83.5 Å². The molecule has 0 aromatic carbocycles. The molecule has 0 aliphatic carbocycles. The highest BCUT2D eigenvalue weighted by molar-refractivity contribution is 5.71. The number of hydrogen-bond donors (Lipinski definition) is 0. The zero-order chi connectivity index (χ0) is 42.3. The zero-order valence-corrected chi connectivity index (χ0v) is 38.0. The van der Waals surface area contributed by atoms with E-state index in [0.29, 0.717) is 19.3 Å². The molecule has 0 aliphatic rings. The maximum atomic E-state index is 12.7. The van der Waals surface area contributed by atoms with Crippen LogP contribution in [-0.2, 0) is 28.6 Å². The van der Waals surface area contributed by atoms with Crippen LogP contribution in [-0.4, -0.2) is 37.2 Å². The molecule has 1 unspecified atom stereocenters. The number of ether oxygens (including phenoxy) is 3. The summed E-state index contributed by atoms with van der Waals surface area (Å²) < 4.78 is 16.7. The van der Waals surface area contributed by atoms with E-state index < -0.39 is 6.10 Å². The minimum atomic E-state index is -0.779. The molecular weight excluding hydrogens is 721 g/mol. The summed E-state index contributed by atoms with van der Waals surface area (Å²) in [6.45, 7) is 6.51. The highest BCUT2D eigenvalue weighted by atomic mass is 16.6. The summed E-state index contributed by atoms with van der Waals surface area (Å²) in [5.41, 5.74) is 0. The topological polar surface area (TPSA) is 78.9 Å². The molecular formula is C52H90O6.